The van der Waals surface area contributed by atoms with Crippen LogP contribution in [0.3, 0.4) is 0 Å². The number of carbonyl (C=O) groups is 1. The van der Waals surface area contributed by atoms with E-state index in [9.17, 15) is 4.79 Å². The molecule has 0 aromatic heterocycles. The van der Waals surface area contributed by atoms with Crippen molar-refractivity contribution < 1.29 is 4.79 Å². The number of thioether (sulfide) groups is 1. The number of nitrogens with one attached hydrogen (secondary N) is 2. The number of hydrogen-bond acceptors (Lipinski definition) is 3. The predicted molar refractivity (Wildman–Crippen MR) is 108 cm³/mol. The average molecular weight is 387 g/mol. The summed E-state index contributed by atoms with van der Waals surface area (Å²) in [6.45, 7) is 0. The van der Waals surface area contributed by atoms with Gasteiger partial charge < -0.3 is 10.6 Å². The zero-order valence-corrected chi connectivity index (χ0v) is 16.1. The summed E-state index contributed by atoms with van der Waals surface area (Å²) >= 11 is 7.86. The molecule has 0 aliphatic carbocycles. The van der Waals surface area contributed by atoms with Crippen molar-refractivity contribution in [1.82, 2.24) is 10.6 Å². The summed E-state index contributed by atoms with van der Waals surface area (Å²) in [6.07, 6.45) is 4.52. The summed E-state index contributed by atoms with van der Waals surface area (Å²) in [5, 5.41) is 7.33. The van der Waals surface area contributed by atoms with E-state index in [2.05, 4.69) is 10.6 Å². The Labute approximate surface area is 163 Å². The van der Waals surface area contributed by atoms with Gasteiger partial charge in [-0.1, -0.05) is 54.1 Å². The maximum Gasteiger partial charge on any atom is 0.238 e. The average Bonchev–Trinajstić information content (AvgIpc) is 3.00. The Hall–Kier alpha value is -1.49. The van der Waals surface area contributed by atoms with E-state index in [0.717, 1.165) is 23.3 Å². The Morgan fingerprint density at radius 2 is 1.69 bits per heavy atom. The van der Waals surface area contributed by atoms with E-state index in [1.54, 1.807) is 0 Å². The summed E-state index contributed by atoms with van der Waals surface area (Å²) < 4.78 is 0. The van der Waals surface area contributed by atoms with Gasteiger partial charge in [0.05, 0.1) is 5.02 Å². The Kier molecular flexibility index (Phi) is 5.53. The molecular formula is C21H23ClN2OS. The van der Waals surface area contributed by atoms with Crippen LogP contribution in [0.15, 0.2) is 59.5 Å². The number of halogens is 1. The molecule has 0 spiro atoms. The molecule has 2 heterocycles. The molecule has 26 heavy (non-hydrogen) atoms. The van der Waals surface area contributed by atoms with Crippen LogP contribution in [-0.4, -0.2) is 24.0 Å². The fourth-order valence-electron chi connectivity index (χ4n) is 4.02. The standard InChI is InChI=1S/C21H23ClN2OS/c22-18-8-4-5-9-19(18)26-20(14-6-2-1-3-7-14)21(25)24-17-12-15-10-11-16(13-17)23-15/h1-9,15-17,20,23H,10-13H2,(H,24,25). The summed E-state index contributed by atoms with van der Waals surface area (Å²) in [7, 11) is 0. The number of rotatable bonds is 5. The van der Waals surface area contributed by atoms with Gasteiger partial charge in [-0.3, -0.25) is 4.79 Å². The van der Waals surface area contributed by atoms with Gasteiger partial charge >= 0.3 is 0 Å². The van der Waals surface area contributed by atoms with Crippen LogP contribution in [0.25, 0.3) is 0 Å². The third-order valence-electron chi connectivity index (χ3n) is 5.24. The molecule has 2 bridgehead atoms. The molecule has 0 radical (unpaired) electrons. The first-order chi connectivity index (χ1) is 12.7. The lowest BCUT2D eigenvalue weighted by molar-refractivity contribution is -0.121. The van der Waals surface area contributed by atoms with Crippen molar-refractivity contribution in [2.24, 2.45) is 0 Å². The van der Waals surface area contributed by atoms with Crippen molar-refractivity contribution >= 4 is 29.3 Å². The molecule has 0 saturated carbocycles. The number of piperidine rings is 1. The molecular weight excluding hydrogens is 364 g/mol. The summed E-state index contributed by atoms with van der Waals surface area (Å²) in [4.78, 5) is 14.1. The van der Waals surface area contributed by atoms with Gasteiger partial charge in [0.15, 0.2) is 0 Å². The van der Waals surface area contributed by atoms with Crippen LogP contribution in [0.1, 0.15) is 36.5 Å². The first kappa shape index (κ1) is 17.9. The summed E-state index contributed by atoms with van der Waals surface area (Å²) in [6, 6.07) is 19.1. The van der Waals surface area contributed by atoms with E-state index in [-0.39, 0.29) is 17.2 Å². The first-order valence-corrected chi connectivity index (χ1v) is 10.5. The maximum atomic E-state index is 13.2. The topological polar surface area (TPSA) is 41.1 Å². The van der Waals surface area contributed by atoms with Crippen molar-refractivity contribution in [2.75, 3.05) is 0 Å². The molecule has 1 amide bonds. The highest BCUT2D eigenvalue weighted by atomic mass is 35.5. The van der Waals surface area contributed by atoms with Gasteiger partial charge in [-0.05, 0) is 43.4 Å². The van der Waals surface area contributed by atoms with E-state index in [4.69, 9.17) is 11.6 Å². The van der Waals surface area contributed by atoms with Crippen LogP contribution in [0.5, 0.6) is 0 Å². The summed E-state index contributed by atoms with van der Waals surface area (Å²) in [5.41, 5.74) is 1.01. The van der Waals surface area contributed by atoms with Crippen LogP contribution >= 0.6 is 23.4 Å². The zero-order chi connectivity index (χ0) is 17.9. The minimum atomic E-state index is -0.302. The molecule has 2 N–H and O–H groups in total. The highest BCUT2D eigenvalue weighted by Gasteiger charge is 2.35. The van der Waals surface area contributed by atoms with Gasteiger partial charge in [-0.25, -0.2) is 0 Å². The number of carbonyl (C=O) groups excluding carboxylic acids is 1. The molecule has 2 aromatic rings. The van der Waals surface area contributed by atoms with Crippen molar-refractivity contribution in [3.05, 3.63) is 65.2 Å². The molecule has 2 fully saturated rings. The second-order valence-corrected chi connectivity index (χ2v) is 8.71. The van der Waals surface area contributed by atoms with E-state index in [1.807, 2.05) is 54.6 Å². The van der Waals surface area contributed by atoms with E-state index in [1.165, 1.54) is 24.6 Å². The van der Waals surface area contributed by atoms with Crippen LogP contribution in [0, 0.1) is 0 Å². The Bertz CT molecular complexity index is 758. The highest BCUT2D eigenvalue weighted by molar-refractivity contribution is 8.00. The van der Waals surface area contributed by atoms with Gasteiger partial charge in [0.2, 0.25) is 5.91 Å². The second kappa shape index (κ2) is 8.03. The van der Waals surface area contributed by atoms with Gasteiger partial charge in [0, 0.05) is 23.0 Å². The third kappa shape index (κ3) is 4.08. The molecule has 2 saturated heterocycles. The van der Waals surface area contributed by atoms with Crippen molar-refractivity contribution in [3.63, 3.8) is 0 Å². The van der Waals surface area contributed by atoms with Crippen molar-refractivity contribution in [1.29, 1.82) is 0 Å². The SMILES string of the molecule is O=C(NC1CC2CCC(C1)N2)C(Sc1ccccc1Cl)c1ccccc1. The molecule has 136 valence electrons. The van der Waals surface area contributed by atoms with E-state index in [0.29, 0.717) is 17.1 Å². The van der Waals surface area contributed by atoms with Gasteiger partial charge in [-0.2, -0.15) is 0 Å². The molecule has 3 unspecified atom stereocenters. The molecule has 3 atom stereocenters. The van der Waals surface area contributed by atoms with Crippen molar-refractivity contribution in [3.8, 4) is 0 Å². The normalized spacial score (nSPS) is 25.7. The lowest BCUT2D eigenvalue weighted by Gasteiger charge is -2.31. The first-order valence-electron chi connectivity index (χ1n) is 9.21. The molecule has 3 nitrogen and oxygen atoms in total. The number of fused-ring (bicyclic) bond motifs is 2. The minimum Gasteiger partial charge on any atom is -0.352 e. The van der Waals surface area contributed by atoms with Gasteiger partial charge in [-0.15, -0.1) is 11.8 Å². The maximum absolute atomic E-state index is 13.2. The minimum absolute atomic E-state index is 0.0763. The Balaban J connectivity index is 1.52. The van der Waals surface area contributed by atoms with Crippen LogP contribution in [-0.2, 0) is 4.79 Å². The van der Waals surface area contributed by atoms with Crippen LogP contribution in [0.4, 0.5) is 0 Å². The Morgan fingerprint density at radius 1 is 1.04 bits per heavy atom. The predicted octanol–water partition coefficient (Wildman–Crippen LogP) is 4.57. The molecule has 2 aromatic carbocycles. The quantitative estimate of drug-likeness (QED) is 0.739. The van der Waals surface area contributed by atoms with Gasteiger partial charge in [0.25, 0.3) is 0 Å². The lowest BCUT2D eigenvalue weighted by Crippen LogP contribution is -2.48. The Morgan fingerprint density at radius 3 is 2.38 bits per heavy atom. The monoisotopic (exact) mass is 386 g/mol. The fourth-order valence-corrected chi connectivity index (χ4v) is 5.35. The molecule has 2 aliphatic heterocycles. The number of benzene rings is 2. The molecule has 2 aliphatic rings. The number of amides is 1. The molecule has 5 heteroatoms. The fraction of sp³-hybridized carbons (Fsp3) is 0.381. The third-order valence-corrected chi connectivity index (χ3v) is 7.01. The molecule has 4 rings (SSSR count). The summed E-state index contributed by atoms with van der Waals surface area (Å²) in [5.74, 6) is 0.0763. The van der Waals surface area contributed by atoms with E-state index >= 15 is 0 Å². The van der Waals surface area contributed by atoms with Crippen LogP contribution < -0.4 is 10.6 Å². The smallest absolute Gasteiger partial charge is 0.238 e. The lowest BCUT2D eigenvalue weighted by atomic mass is 9.99. The number of hydrogen-bond donors (Lipinski definition) is 2. The van der Waals surface area contributed by atoms with Crippen molar-refractivity contribution in [2.45, 2.75) is 54.0 Å². The largest absolute Gasteiger partial charge is 0.352 e. The van der Waals surface area contributed by atoms with Gasteiger partial charge in [0.1, 0.15) is 5.25 Å². The van der Waals surface area contributed by atoms with Crippen LogP contribution in [0.2, 0.25) is 5.02 Å². The zero-order valence-electron chi connectivity index (χ0n) is 14.5. The van der Waals surface area contributed by atoms with E-state index < -0.39 is 0 Å². The second-order valence-electron chi connectivity index (χ2n) is 7.15. The highest BCUT2D eigenvalue weighted by Crippen LogP contribution is 2.39.